The second kappa shape index (κ2) is 7.18. The number of aromatic nitrogens is 1. The lowest BCUT2D eigenvalue weighted by molar-refractivity contribution is 0.0855. The maximum Gasteiger partial charge on any atom is 0.0819 e. The van der Waals surface area contributed by atoms with E-state index in [1.54, 1.807) is 0 Å². The number of ether oxygens (including phenoxy) is 1. The Morgan fingerprint density at radius 1 is 1.40 bits per heavy atom. The van der Waals surface area contributed by atoms with E-state index in [1.807, 2.05) is 0 Å². The highest BCUT2D eigenvalue weighted by Crippen LogP contribution is 2.47. The second-order valence-electron chi connectivity index (χ2n) is 8.14. The Kier molecular flexibility index (Phi) is 5.33. The molecule has 3 rings (SSSR count). The van der Waals surface area contributed by atoms with Crippen LogP contribution in [0.25, 0.3) is 5.57 Å². The largest absolute Gasteiger partial charge is 0.392 e. The molecular formula is C21H31NO3. The minimum absolute atomic E-state index is 0.0426. The summed E-state index contributed by atoms with van der Waals surface area (Å²) in [5.74, 6) is 0.235. The molecule has 0 amide bonds. The van der Waals surface area contributed by atoms with Crippen LogP contribution < -0.4 is 0 Å². The molecule has 2 unspecified atom stereocenters. The van der Waals surface area contributed by atoms with Crippen molar-refractivity contribution < 1.29 is 14.9 Å². The summed E-state index contributed by atoms with van der Waals surface area (Å²) in [5.41, 5.74) is 6.15. The monoisotopic (exact) mass is 345 g/mol. The van der Waals surface area contributed by atoms with Crippen LogP contribution in [0.15, 0.2) is 6.08 Å². The second-order valence-corrected chi connectivity index (χ2v) is 8.14. The van der Waals surface area contributed by atoms with Gasteiger partial charge in [-0.2, -0.15) is 0 Å². The minimum atomic E-state index is -0.522. The quantitative estimate of drug-likeness (QED) is 0.869. The van der Waals surface area contributed by atoms with Crippen LogP contribution in [0.1, 0.15) is 87.1 Å². The normalized spacial score (nSPS) is 26.5. The van der Waals surface area contributed by atoms with Crippen LogP contribution in [-0.2, 0) is 17.8 Å². The molecule has 0 fully saturated rings. The Morgan fingerprint density at radius 2 is 2.16 bits per heavy atom. The first-order chi connectivity index (χ1) is 11.9. The molecule has 2 N–H and O–H groups in total. The van der Waals surface area contributed by atoms with E-state index in [1.165, 1.54) is 5.57 Å². The standard InChI is InChI=1S/C21H31NO3/c1-5-21(4)10-16-19(17(24)11-21)18(14-6-8-25-9-7-14)15(12-23)20(22-16)13(2)3/h6,13,17,23-24H,5,7-12H2,1-4H3. The molecule has 2 heterocycles. The highest BCUT2D eigenvalue weighted by molar-refractivity contribution is 5.73. The van der Waals surface area contributed by atoms with E-state index in [0.717, 1.165) is 53.8 Å². The fourth-order valence-electron chi connectivity index (χ4n) is 4.27. The van der Waals surface area contributed by atoms with Crippen molar-refractivity contribution in [2.75, 3.05) is 13.2 Å². The third kappa shape index (κ3) is 3.40. The van der Waals surface area contributed by atoms with Gasteiger partial charge in [0.1, 0.15) is 0 Å². The summed E-state index contributed by atoms with van der Waals surface area (Å²) < 4.78 is 5.48. The minimum Gasteiger partial charge on any atom is -0.392 e. The van der Waals surface area contributed by atoms with Gasteiger partial charge in [0, 0.05) is 22.5 Å². The fraction of sp³-hybridized carbons (Fsp3) is 0.667. The lowest BCUT2D eigenvalue weighted by Crippen LogP contribution is -2.31. The first-order valence-electron chi connectivity index (χ1n) is 9.51. The van der Waals surface area contributed by atoms with Crippen molar-refractivity contribution in [1.82, 2.24) is 4.98 Å². The van der Waals surface area contributed by atoms with Gasteiger partial charge in [-0.15, -0.1) is 0 Å². The Hall–Kier alpha value is -1.23. The Bertz CT molecular complexity index is 680. The molecule has 0 radical (unpaired) electrons. The number of rotatable bonds is 4. The number of nitrogens with zero attached hydrogens (tertiary/aromatic N) is 1. The van der Waals surface area contributed by atoms with Crippen LogP contribution in [-0.4, -0.2) is 28.4 Å². The molecule has 0 aromatic carbocycles. The molecule has 1 aliphatic carbocycles. The van der Waals surface area contributed by atoms with Gasteiger partial charge < -0.3 is 14.9 Å². The van der Waals surface area contributed by atoms with Gasteiger partial charge in [0.05, 0.1) is 25.9 Å². The van der Waals surface area contributed by atoms with E-state index < -0.39 is 6.10 Å². The SMILES string of the molecule is CCC1(C)Cc2nc(C(C)C)c(CO)c(C3=CCOCC3)c2C(O)C1. The van der Waals surface area contributed by atoms with Gasteiger partial charge in [-0.25, -0.2) is 0 Å². The Balaban J connectivity index is 2.26. The van der Waals surface area contributed by atoms with Crippen molar-refractivity contribution in [2.45, 2.75) is 72.0 Å². The summed E-state index contributed by atoms with van der Waals surface area (Å²) in [5, 5.41) is 21.1. The molecule has 2 aliphatic rings. The van der Waals surface area contributed by atoms with Crippen molar-refractivity contribution >= 4 is 5.57 Å². The van der Waals surface area contributed by atoms with Crippen LogP contribution >= 0.6 is 0 Å². The molecule has 138 valence electrons. The molecule has 0 saturated heterocycles. The van der Waals surface area contributed by atoms with Crippen LogP contribution in [0.2, 0.25) is 0 Å². The third-order valence-electron chi connectivity index (χ3n) is 5.90. The van der Waals surface area contributed by atoms with Gasteiger partial charge in [0.2, 0.25) is 0 Å². The number of fused-ring (bicyclic) bond motifs is 1. The van der Waals surface area contributed by atoms with Gasteiger partial charge in [-0.1, -0.05) is 40.2 Å². The average Bonchev–Trinajstić information content (AvgIpc) is 2.60. The Labute approximate surface area is 150 Å². The Morgan fingerprint density at radius 3 is 2.72 bits per heavy atom. The number of hydrogen-bond donors (Lipinski definition) is 2. The molecular weight excluding hydrogens is 314 g/mol. The first-order valence-corrected chi connectivity index (χ1v) is 9.51. The fourth-order valence-corrected chi connectivity index (χ4v) is 4.27. The van der Waals surface area contributed by atoms with E-state index >= 15 is 0 Å². The molecule has 4 nitrogen and oxygen atoms in total. The molecule has 2 atom stereocenters. The maximum absolute atomic E-state index is 11.0. The van der Waals surface area contributed by atoms with Gasteiger partial charge in [-0.05, 0) is 41.7 Å². The molecule has 4 heteroatoms. The van der Waals surface area contributed by atoms with E-state index in [9.17, 15) is 10.2 Å². The number of aliphatic hydroxyl groups is 2. The van der Waals surface area contributed by atoms with Crippen molar-refractivity contribution in [3.05, 3.63) is 34.2 Å². The van der Waals surface area contributed by atoms with E-state index in [4.69, 9.17) is 9.72 Å². The van der Waals surface area contributed by atoms with Crippen molar-refractivity contribution in [2.24, 2.45) is 5.41 Å². The van der Waals surface area contributed by atoms with Crippen LogP contribution in [0.5, 0.6) is 0 Å². The van der Waals surface area contributed by atoms with Gasteiger partial charge in [0.25, 0.3) is 0 Å². The predicted molar refractivity (Wildman–Crippen MR) is 99.3 cm³/mol. The highest BCUT2D eigenvalue weighted by Gasteiger charge is 2.38. The summed E-state index contributed by atoms with van der Waals surface area (Å²) in [4.78, 5) is 4.95. The average molecular weight is 345 g/mol. The lowest BCUT2D eigenvalue weighted by Gasteiger charge is -2.39. The van der Waals surface area contributed by atoms with Crippen molar-refractivity contribution in [3.8, 4) is 0 Å². The molecule has 1 aromatic rings. The summed E-state index contributed by atoms with van der Waals surface area (Å²) in [6.07, 6.45) is 5.06. The van der Waals surface area contributed by atoms with Crippen molar-refractivity contribution in [1.29, 1.82) is 0 Å². The smallest absolute Gasteiger partial charge is 0.0819 e. The highest BCUT2D eigenvalue weighted by atomic mass is 16.5. The summed E-state index contributed by atoms with van der Waals surface area (Å²) in [6.45, 7) is 9.90. The van der Waals surface area contributed by atoms with Gasteiger partial charge in [-0.3, -0.25) is 4.98 Å². The zero-order chi connectivity index (χ0) is 18.2. The third-order valence-corrected chi connectivity index (χ3v) is 5.90. The zero-order valence-corrected chi connectivity index (χ0v) is 15.9. The van der Waals surface area contributed by atoms with Gasteiger partial charge >= 0.3 is 0 Å². The number of pyridine rings is 1. The summed E-state index contributed by atoms with van der Waals surface area (Å²) in [7, 11) is 0. The maximum atomic E-state index is 11.0. The number of aliphatic hydroxyl groups excluding tert-OH is 2. The molecule has 25 heavy (non-hydrogen) atoms. The summed E-state index contributed by atoms with van der Waals surface area (Å²) >= 11 is 0. The zero-order valence-electron chi connectivity index (χ0n) is 15.9. The topological polar surface area (TPSA) is 62.6 Å². The van der Waals surface area contributed by atoms with Crippen LogP contribution in [0, 0.1) is 5.41 Å². The lowest BCUT2D eigenvalue weighted by atomic mass is 9.69. The molecule has 1 aromatic heterocycles. The molecule has 0 spiro atoms. The summed E-state index contributed by atoms with van der Waals surface area (Å²) in [6, 6.07) is 0. The van der Waals surface area contributed by atoms with E-state index in [0.29, 0.717) is 13.2 Å². The number of hydrogen-bond acceptors (Lipinski definition) is 4. The molecule has 0 bridgehead atoms. The van der Waals surface area contributed by atoms with E-state index in [-0.39, 0.29) is 17.9 Å². The molecule has 1 aliphatic heterocycles. The van der Waals surface area contributed by atoms with Gasteiger partial charge in [0.15, 0.2) is 0 Å². The van der Waals surface area contributed by atoms with Crippen LogP contribution in [0.4, 0.5) is 0 Å². The first kappa shape index (κ1) is 18.6. The van der Waals surface area contributed by atoms with Crippen molar-refractivity contribution in [3.63, 3.8) is 0 Å². The van der Waals surface area contributed by atoms with E-state index in [2.05, 4.69) is 33.8 Å². The molecule has 0 saturated carbocycles. The predicted octanol–water partition coefficient (Wildman–Crippen LogP) is 3.90. The van der Waals surface area contributed by atoms with Crippen LogP contribution in [0.3, 0.4) is 0 Å².